The molecular weight excluding hydrogens is 318 g/mol. The third-order valence-electron chi connectivity index (χ3n) is 3.43. The fourth-order valence-corrected chi connectivity index (χ4v) is 2.09. The van der Waals surface area contributed by atoms with Crippen molar-refractivity contribution in [2.75, 3.05) is 5.32 Å². The molecule has 3 rings (SSSR count). The molecule has 0 radical (unpaired) electrons. The zero-order valence-electron chi connectivity index (χ0n) is 13.4. The van der Waals surface area contributed by atoms with Crippen molar-refractivity contribution in [2.24, 2.45) is 5.73 Å². The number of nitrogens with two attached hydrogens (primary N) is 1. The van der Waals surface area contributed by atoms with Gasteiger partial charge in [-0.2, -0.15) is 0 Å². The highest BCUT2D eigenvalue weighted by Gasteiger charge is 2.03. The van der Waals surface area contributed by atoms with E-state index in [9.17, 15) is 4.79 Å². The number of nitrogens with one attached hydrogen (secondary N) is 1. The summed E-state index contributed by atoms with van der Waals surface area (Å²) in [6.45, 7) is 1.01. The Morgan fingerprint density at radius 1 is 1.04 bits per heavy atom. The molecule has 2 aromatic heterocycles. The number of rotatable bonds is 7. The minimum atomic E-state index is -0.597. The van der Waals surface area contributed by atoms with Gasteiger partial charge >= 0.3 is 0 Å². The van der Waals surface area contributed by atoms with E-state index in [1.54, 1.807) is 12.3 Å². The zero-order valence-corrected chi connectivity index (χ0v) is 13.4. The molecule has 0 fully saturated rings. The van der Waals surface area contributed by atoms with E-state index in [-0.39, 0.29) is 5.69 Å². The van der Waals surface area contributed by atoms with Gasteiger partial charge in [0, 0.05) is 12.7 Å². The van der Waals surface area contributed by atoms with Gasteiger partial charge in [-0.3, -0.25) is 9.78 Å². The first-order valence-electron chi connectivity index (χ1n) is 7.70. The molecule has 0 aliphatic carbocycles. The Hall–Kier alpha value is -3.48. The Balaban J connectivity index is 1.51. The molecule has 1 aromatic carbocycles. The monoisotopic (exact) mass is 335 g/mol. The molecule has 0 saturated heterocycles. The minimum absolute atomic E-state index is 0.139. The van der Waals surface area contributed by atoms with E-state index in [2.05, 4.69) is 20.5 Å². The summed E-state index contributed by atoms with van der Waals surface area (Å²) < 4.78 is 5.70. The molecule has 0 saturated carbocycles. The summed E-state index contributed by atoms with van der Waals surface area (Å²) in [5.41, 5.74) is 7.21. The Labute approximate surface area is 144 Å². The number of aromatic nitrogens is 3. The normalized spacial score (nSPS) is 10.2. The van der Waals surface area contributed by atoms with Crippen LogP contribution < -0.4 is 15.8 Å². The lowest BCUT2D eigenvalue weighted by atomic mass is 10.2. The van der Waals surface area contributed by atoms with Gasteiger partial charge in [0.25, 0.3) is 5.91 Å². The van der Waals surface area contributed by atoms with Gasteiger partial charge in [0.05, 0.1) is 5.69 Å². The third kappa shape index (κ3) is 4.74. The molecule has 0 atom stereocenters. The van der Waals surface area contributed by atoms with Crippen LogP contribution in [0.25, 0.3) is 0 Å². The maximum absolute atomic E-state index is 11.0. The molecule has 1 amide bonds. The van der Waals surface area contributed by atoms with Gasteiger partial charge in [0.15, 0.2) is 5.69 Å². The first-order chi connectivity index (χ1) is 12.2. The molecule has 7 heteroatoms. The van der Waals surface area contributed by atoms with Crippen LogP contribution in [-0.4, -0.2) is 21.1 Å². The van der Waals surface area contributed by atoms with Crippen molar-refractivity contribution in [1.29, 1.82) is 0 Å². The average Bonchev–Trinajstić information content (AvgIpc) is 2.67. The van der Waals surface area contributed by atoms with Crippen LogP contribution in [0.15, 0.2) is 60.8 Å². The number of anilines is 1. The van der Waals surface area contributed by atoms with Crippen LogP contribution in [0.5, 0.6) is 5.75 Å². The fourth-order valence-electron chi connectivity index (χ4n) is 2.09. The van der Waals surface area contributed by atoms with Crippen LogP contribution in [-0.2, 0) is 13.2 Å². The molecule has 0 spiro atoms. The molecular formula is C18H17N5O2. The van der Waals surface area contributed by atoms with E-state index in [0.29, 0.717) is 19.0 Å². The predicted octanol–water partition coefficient (Wildman–Crippen LogP) is 2.16. The second-order valence-corrected chi connectivity index (χ2v) is 5.28. The van der Waals surface area contributed by atoms with Crippen molar-refractivity contribution in [3.8, 4) is 5.75 Å². The molecule has 0 aliphatic heterocycles. The number of pyridine rings is 1. The van der Waals surface area contributed by atoms with Gasteiger partial charge in [-0.15, -0.1) is 10.2 Å². The second kappa shape index (κ2) is 7.87. The number of nitrogens with zero attached hydrogens (tertiary/aromatic N) is 3. The number of ether oxygens (including phenoxy) is 1. The number of hydrogen-bond donors (Lipinski definition) is 2. The number of carbonyl (C=O) groups is 1. The number of carbonyl (C=O) groups excluding carboxylic acids is 1. The van der Waals surface area contributed by atoms with E-state index in [1.807, 2.05) is 42.5 Å². The first-order valence-corrected chi connectivity index (χ1v) is 7.70. The van der Waals surface area contributed by atoms with Crippen LogP contribution in [0.1, 0.15) is 21.7 Å². The summed E-state index contributed by atoms with van der Waals surface area (Å²) in [4.78, 5) is 15.2. The lowest BCUT2D eigenvalue weighted by molar-refractivity contribution is 0.0994. The number of amides is 1. The lowest BCUT2D eigenvalue weighted by Gasteiger charge is -2.08. The van der Waals surface area contributed by atoms with Gasteiger partial charge < -0.3 is 15.8 Å². The molecule has 0 bridgehead atoms. The average molecular weight is 335 g/mol. The molecule has 2 heterocycles. The van der Waals surface area contributed by atoms with Crippen molar-refractivity contribution in [2.45, 2.75) is 13.2 Å². The summed E-state index contributed by atoms with van der Waals surface area (Å²) in [7, 11) is 0. The highest BCUT2D eigenvalue weighted by atomic mass is 16.5. The van der Waals surface area contributed by atoms with E-state index < -0.39 is 5.91 Å². The highest BCUT2D eigenvalue weighted by Crippen LogP contribution is 2.14. The molecule has 3 N–H and O–H groups in total. The highest BCUT2D eigenvalue weighted by molar-refractivity contribution is 5.90. The van der Waals surface area contributed by atoms with Crippen LogP contribution in [0, 0.1) is 0 Å². The standard InChI is InChI=1S/C18H17N5O2/c19-18(24)16-8-9-17(23-22-16)21-11-13-4-6-15(7-5-13)25-12-14-3-1-2-10-20-14/h1-10H,11-12H2,(H2,19,24)(H,21,23). The molecule has 25 heavy (non-hydrogen) atoms. The Bertz CT molecular complexity index is 820. The van der Waals surface area contributed by atoms with Crippen molar-refractivity contribution in [3.05, 3.63) is 77.7 Å². The Kier molecular flexibility index (Phi) is 5.16. The van der Waals surface area contributed by atoms with Gasteiger partial charge in [0.2, 0.25) is 0 Å². The van der Waals surface area contributed by atoms with Gasteiger partial charge in [0.1, 0.15) is 18.2 Å². The Morgan fingerprint density at radius 2 is 1.88 bits per heavy atom. The van der Waals surface area contributed by atoms with Crippen LogP contribution in [0.4, 0.5) is 5.82 Å². The maximum Gasteiger partial charge on any atom is 0.269 e. The van der Waals surface area contributed by atoms with Crippen molar-refractivity contribution in [1.82, 2.24) is 15.2 Å². The SMILES string of the molecule is NC(=O)c1ccc(NCc2ccc(OCc3ccccn3)cc2)nn1. The topological polar surface area (TPSA) is 103 Å². The molecule has 0 unspecified atom stereocenters. The van der Waals surface area contributed by atoms with E-state index in [1.165, 1.54) is 6.07 Å². The number of hydrogen-bond acceptors (Lipinski definition) is 6. The minimum Gasteiger partial charge on any atom is -0.487 e. The van der Waals surface area contributed by atoms with Gasteiger partial charge in [-0.05, 0) is 42.0 Å². The predicted molar refractivity (Wildman–Crippen MR) is 92.9 cm³/mol. The molecule has 7 nitrogen and oxygen atoms in total. The van der Waals surface area contributed by atoms with Crippen LogP contribution in [0.2, 0.25) is 0 Å². The van der Waals surface area contributed by atoms with Gasteiger partial charge in [-0.25, -0.2) is 0 Å². The second-order valence-electron chi connectivity index (χ2n) is 5.28. The maximum atomic E-state index is 11.0. The van der Waals surface area contributed by atoms with Crippen molar-refractivity contribution < 1.29 is 9.53 Å². The molecule has 0 aliphatic rings. The first kappa shape index (κ1) is 16.4. The van der Waals surface area contributed by atoms with Crippen LogP contribution >= 0.6 is 0 Å². The van der Waals surface area contributed by atoms with Crippen molar-refractivity contribution in [3.63, 3.8) is 0 Å². The smallest absolute Gasteiger partial charge is 0.269 e. The van der Waals surface area contributed by atoms with E-state index in [0.717, 1.165) is 17.0 Å². The largest absolute Gasteiger partial charge is 0.487 e. The summed E-state index contributed by atoms with van der Waals surface area (Å²) in [6, 6.07) is 16.7. The quantitative estimate of drug-likeness (QED) is 0.686. The summed E-state index contributed by atoms with van der Waals surface area (Å²) in [5.74, 6) is 0.751. The van der Waals surface area contributed by atoms with Crippen LogP contribution in [0.3, 0.4) is 0 Å². The molecule has 3 aromatic rings. The Morgan fingerprint density at radius 3 is 2.52 bits per heavy atom. The fraction of sp³-hybridized carbons (Fsp3) is 0.111. The third-order valence-corrected chi connectivity index (χ3v) is 3.43. The van der Waals surface area contributed by atoms with E-state index in [4.69, 9.17) is 10.5 Å². The number of benzene rings is 1. The summed E-state index contributed by atoms with van der Waals surface area (Å²) in [5, 5.41) is 10.8. The van der Waals surface area contributed by atoms with E-state index >= 15 is 0 Å². The van der Waals surface area contributed by atoms with Crippen molar-refractivity contribution >= 4 is 11.7 Å². The summed E-state index contributed by atoms with van der Waals surface area (Å²) in [6.07, 6.45) is 1.74. The number of primary amides is 1. The lowest BCUT2D eigenvalue weighted by Crippen LogP contribution is -2.14. The molecule has 126 valence electrons. The zero-order chi connectivity index (χ0) is 17.5. The summed E-state index contributed by atoms with van der Waals surface area (Å²) >= 11 is 0. The van der Waals surface area contributed by atoms with Gasteiger partial charge in [-0.1, -0.05) is 18.2 Å².